The highest BCUT2D eigenvalue weighted by atomic mass is 19.4. The summed E-state index contributed by atoms with van der Waals surface area (Å²) in [6, 6.07) is 7.60. The van der Waals surface area contributed by atoms with Crippen molar-refractivity contribution in [3.63, 3.8) is 0 Å². The molecule has 2 aliphatic heterocycles. The van der Waals surface area contributed by atoms with Gasteiger partial charge in [0.15, 0.2) is 6.17 Å². The van der Waals surface area contributed by atoms with Gasteiger partial charge in [-0.1, -0.05) is 6.07 Å². The third-order valence-electron chi connectivity index (χ3n) is 4.51. The fourth-order valence-electron chi connectivity index (χ4n) is 3.21. The Hall–Kier alpha value is -3.43. The van der Waals surface area contributed by atoms with Gasteiger partial charge >= 0.3 is 12.5 Å². The number of alkyl halides is 3. The molecule has 0 N–H and O–H groups in total. The highest BCUT2D eigenvalue weighted by molar-refractivity contribution is 5.81. The van der Waals surface area contributed by atoms with Crippen LogP contribution in [0.15, 0.2) is 46.4 Å². The Balaban J connectivity index is 1.56. The van der Waals surface area contributed by atoms with E-state index >= 15 is 0 Å². The number of nitrogens with zero attached hydrogens (tertiary/aromatic N) is 3. The predicted octanol–water partition coefficient (Wildman–Crippen LogP) is 4.58. The highest BCUT2D eigenvalue weighted by Crippen LogP contribution is 2.34. The van der Waals surface area contributed by atoms with Gasteiger partial charge in [0.25, 0.3) is 0 Å². The molecular formula is C20H15F4N3O3. The monoisotopic (exact) mass is 421 g/mol. The molecule has 156 valence electrons. The molecule has 2 aliphatic rings. The largest absolute Gasteiger partial charge is 0.573 e. The van der Waals surface area contributed by atoms with E-state index in [4.69, 9.17) is 4.74 Å². The lowest BCUT2D eigenvalue weighted by Gasteiger charge is -2.29. The molecule has 2 aromatic carbocycles. The molecule has 30 heavy (non-hydrogen) atoms. The van der Waals surface area contributed by atoms with Crippen LogP contribution in [0.3, 0.4) is 0 Å². The van der Waals surface area contributed by atoms with Crippen LogP contribution in [0.1, 0.15) is 12.0 Å². The highest BCUT2D eigenvalue weighted by Gasteiger charge is 2.31. The molecule has 0 radical (unpaired) electrons. The number of benzene rings is 2. The number of hydrogen-bond donors (Lipinski definition) is 0. The Morgan fingerprint density at radius 1 is 1.13 bits per heavy atom. The van der Waals surface area contributed by atoms with Crippen molar-refractivity contribution >= 4 is 18.5 Å². The first-order chi connectivity index (χ1) is 14.3. The van der Waals surface area contributed by atoms with Crippen LogP contribution < -0.4 is 9.47 Å². The maximum Gasteiger partial charge on any atom is 0.573 e. The summed E-state index contributed by atoms with van der Waals surface area (Å²) in [6.45, 7) is 0.438. The van der Waals surface area contributed by atoms with E-state index < -0.39 is 30.2 Å². The van der Waals surface area contributed by atoms with Crippen LogP contribution in [0.4, 0.5) is 22.4 Å². The van der Waals surface area contributed by atoms with Crippen molar-refractivity contribution in [1.29, 1.82) is 0 Å². The van der Waals surface area contributed by atoms with Gasteiger partial charge in [-0.3, -0.25) is 14.9 Å². The summed E-state index contributed by atoms with van der Waals surface area (Å²) in [4.78, 5) is 22.1. The van der Waals surface area contributed by atoms with E-state index in [1.165, 1.54) is 23.1 Å². The number of carbonyl (C=O) groups excluding carboxylic acids is 1. The maximum absolute atomic E-state index is 14.4. The van der Waals surface area contributed by atoms with Gasteiger partial charge in [0.2, 0.25) is 0 Å². The number of halogens is 4. The summed E-state index contributed by atoms with van der Waals surface area (Å²) in [5.41, 5.74) is 1.15. The molecule has 0 saturated carbocycles. The summed E-state index contributed by atoms with van der Waals surface area (Å²) < 4.78 is 60.4. The van der Waals surface area contributed by atoms with Gasteiger partial charge in [0.1, 0.15) is 17.3 Å². The molecule has 0 bridgehead atoms. The van der Waals surface area contributed by atoms with Crippen LogP contribution in [0.25, 0.3) is 11.1 Å². The van der Waals surface area contributed by atoms with E-state index in [-0.39, 0.29) is 18.7 Å². The number of hydrogen-bond acceptors (Lipinski definition) is 5. The van der Waals surface area contributed by atoms with E-state index in [0.717, 1.165) is 6.07 Å². The Bertz CT molecular complexity index is 1020. The number of amides is 1. The Labute approximate surface area is 168 Å². The second kappa shape index (κ2) is 7.77. The fraction of sp³-hybridized carbons (Fsp3) is 0.250. The van der Waals surface area contributed by atoms with Crippen molar-refractivity contribution in [2.45, 2.75) is 25.5 Å². The van der Waals surface area contributed by atoms with Crippen LogP contribution in [0.2, 0.25) is 0 Å². The van der Waals surface area contributed by atoms with Crippen molar-refractivity contribution < 1.29 is 31.8 Å². The number of fused-ring (bicyclic) bond motifs is 1. The lowest BCUT2D eigenvalue weighted by Crippen LogP contribution is -2.41. The van der Waals surface area contributed by atoms with Crippen molar-refractivity contribution in [1.82, 2.24) is 4.90 Å². The molecule has 0 spiro atoms. The van der Waals surface area contributed by atoms with Gasteiger partial charge in [-0.25, -0.2) is 9.18 Å². The van der Waals surface area contributed by atoms with Crippen LogP contribution in [0, 0.1) is 5.82 Å². The van der Waals surface area contributed by atoms with E-state index in [1.807, 2.05) is 0 Å². The van der Waals surface area contributed by atoms with E-state index in [9.17, 15) is 22.4 Å². The third kappa shape index (κ3) is 4.42. The molecule has 0 atom stereocenters. The molecule has 0 unspecified atom stereocenters. The van der Waals surface area contributed by atoms with E-state index in [2.05, 4.69) is 14.7 Å². The normalized spacial score (nSPS) is 16.4. The van der Waals surface area contributed by atoms with Crippen molar-refractivity contribution in [3.05, 3.63) is 47.8 Å². The summed E-state index contributed by atoms with van der Waals surface area (Å²) in [5, 5.41) is 0. The topological polar surface area (TPSA) is 63.5 Å². The van der Waals surface area contributed by atoms with Gasteiger partial charge in [0.05, 0.1) is 13.1 Å². The van der Waals surface area contributed by atoms with Gasteiger partial charge in [-0.05, 0) is 29.8 Å². The second-order valence-electron chi connectivity index (χ2n) is 6.64. The predicted molar refractivity (Wildman–Crippen MR) is 100 cm³/mol. The minimum Gasteiger partial charge on any atom is -0.410 e. The van der Waals surface area contributed by atoms with Gasteiger partial charge in [-0.2, -0.15) is 0 Å². The van der Waals surface area contributed by atoms with E-state index in [1.54, 1.807) is 18.5 Å². The molecule has 0 saturated heterocycles. The summed E-state index contributed by atoms with van der Waals surface area (Å²) in [7, 11) is 0. The Kier molecular flexibility index (Phi) is 5.15. The van der Waals surface area contributed by atoms with Crippen molar-refractivity contribution in [2.24, 2.45) is 9.98 Å². The first-order valence-corrected chi connectivity index (χ1v) is 8.97. The first-order valence-electron chi connectivity index (χ1n) is 8.97. The van der Waals surface area contributed by atoms with Crippen LogP contribution in [-0.2, 0) is 6.54 Å². The zero-order chi connectivity index (χ0) is 21.3. The smallest absolute Gasteiger partial charge is 0.410 e. The lowest BCUT2D eigenvalue weighted by atomic mass is 10.0. The zero-order valence-electron chi connectivity index (χ0n) is 15.4. The molecule has 2 heterocycles. The third-order valence-corrected chi connectivity index (χ3v) is 4.51. The molecular weight excluding hydrogens is 406 g/mol. The van der Waals surface area contributed by atoms with Crippen LogP contribution >= 0.6 is 0 Å². The average Bonchev–Trinajstić information content (AvgIpc) is 2.68. The van der Waals surface area contributed by atoms with Crippen LogP contribution in [0.5, 0.6) is 11.5 Å². The standard InChI is InChI=1S/C20H15F4N3O3/c21-16-9-14(30-20(22,23)24)3-4-15(16)12-2-5-17-13(8-12)10-27(19(28)29-17)11-18-25-6-1-7-26-18/h2-9,18H,1,10-11H2. The molecule has 0 aromatic heterocycles. The maximum atomic E-state index is 14.4. The zero-order valence-corrected chi connectivity index (χ0v) is 15.4. The second-order valence-corrected chi connectivity index (χ2v) is 6.64. The van der Waals surface area contributed by atoms with Crippen LogP contribution in [-0.4, -0.2) is 42.5 Å². The van der Waals surface area contributed by atoms with Gasteiger partial charge in [-0.15, -0.1) is 13.2 Å². The molecule has 10 heteroatoms. The van der Waals surface area contributed by atoms with Gasteiger partial charge < -0.3 is 9.47 Å². The quantitative estimate of drug-likeness (QED) is 0.679. The molecule has 0 aliphatic carbocycles. The molecule has 6 nitrogen and oxygen atoms in total. The minimum absolute atomic E-state index is 0.0947. The SMILES string of the molecule is O=C1Oc2ccc(-c3ccc(OC(F)(F)F)cc3F)cc2CN1CC1N=CCC=N1. The summed E-state index contributed by atoms with van der Waals surface area (Å²) in [6.07, 6.45) is -1.77. The van der Waals surface area contributed by atoms with Gasteiger partial charge in [0, 0.05) is 36.0 Å². The first kappa shape index (κ1) is 19.9. The minimum atomic E-state index is -4.90. The summed E-state index contributed by atoms with van der Waals surface area (Å²) >= 11 is 0. The molecule has 4 rings (SSSR count). The number of rotatable bonds is 4. The fourth-order valence-corrected chi connectivity index (χ4v) is 3.21. The number of aliphatic imine (C=N–C) groups is 2. The lowest BCUT2D eigenvalue weighted by molar-refractivity contribution is -0.274. The van der Waals surface area contributed by atoms with Crippen molar-refractivity contribution in [3.8, 4) is 22.6 Å². The Morgan fingerprint density at radius 2 is 1.90 bits per heavy atom. The number of carbonyl (C=O) groups is 1. The Morgan fingerprint density at radius 3 is 2.60 bits per heavy atom. The summed E-state index contributed by atoms with van der Waals surface area (Å²) in [5.74, 6) is -1.17. The molecule has 2 aromatic rings. The molecule has 0 fully saturated rings. The number of ether oxygens (including phenoxy) is 2. The van der Waals surface area contributed by atoms with E-state index in [0.29, 0.717) is 29.4 Å². The van der Waals surface area contributed by atoms with Crippen molar-refractivity contribution in [2.75, 3.05) is 6.54 Å². The molecule has 1 amide bonds. The average molecular weight is 421 g/mol.